The van der Waals surface area contributed by atoms with E-state index < -0.39 is 23.5 Å². The first kappa shape index (κ1) is 22.5. The summed E-state index contributed by atoms with van der Waals surface area (Å²) >= 11 is 3.36. The van der Waals surface area contributed by atoms with E-state index in [9.17, 15) is 14.7 Å². The Morgan fingerprint density at radius 3 is 2.41 bits per heavy atom. The SMILES string of the molecule is COc1ccc(C2C(=C([O-])c3ccc(Br)cc3)C(=O)C(=O)N2CC[NH+]2CCOCC2)cc1. The van der Waals surface area contributed by atoms with E-state index in [2.05, 4.69) is 15.9 Å². The van der Waals surface area contributed by atoms with E-state index >= 15 is 0 Å². The van der Waals surface area contributed by atoms with Crippen LogP contribution in [-0.2, 0) is 14.3 Å². The van der Waals surface area contributed by atoms with Crippen molar-refractivity contribution in [2.75, 3.05) is 46.5 Å². The summed E-state index contributed by atoms with van der Waals surface area (Å²) in [5.74, 6) is -1.11. The van der Waals surface area contributed by atoms with Gasteiger partial charge in [0.25, 0.3) is 5.91 Å². The number of carbonyl (C=O) groups excluding carboxylic acids is 2. The van der Waals surface area contributed by atoms with Crippen LogP contribution in [0.1, 0.15) is 17.2 Å². The van der Waals surface area contributed by atoms with Crippen LogP contribution in [0.5, 0.6) is 5.75 Å². The Bertz CT molecular complexity index is 1010. The number of benzene rings is 2. The summed E-state index contributed by atoms with van der Waals surface area (Å²) < 4.78 is 11.5. The zero-order chi connectivity index (χ0) is 22.7. The van der Waals surface area contributed by atoms with Crippen LogP contribution >= 0.6 is 15.9 Å². The molecule has 1 atom stereocenters. The minimum Gasteiger partial charge on any atom is -0.872 e. The number of rotatable bonds is 6. The molecule has 2 aromatic rings. The number of halogens is 1. The third kappa shape index (κ3) is 4.57. The number of methoxy groups -OCH3 is 1. The van der Waals surface area contributed by atoms with Gasteiger partial charge < -0.3 is 24.4 Å². The van der Waals surface area contributed by atoms with Crippen molar-refractivity contribution < 1.29 is 29.1 Å². The second-order valence-electron chi connectivity index (χ2n) is 7.87. The number of nitrogens with zero attached hydrogens (tertiary/aromatic N) is 1. The Hall–Kier alpha value is -2.68. The number of hydrogen-bond acceptors (Lipinski definition) is 5. The number of ketones is 1. The summed E-state index contributed by atoms with van der Waals surface area (Å²) in [5.41, 5.74) is 1.09. The van der Waals surface area contributed by atoms with Crippen molar-refractivity contribution in [3.63, 3.8) is 0 Å². The second kappa shape index (κ2) is 9.85. The van der Waals surface area contributed by atoms with E-state index in [0.29, 0.717) is 43.2 Å². The molecule has 2 aromatic carbocycles. The number of carbonyl (C=O) groups is 2. The zero-order valence-electron chi connectivity index (χ0n) is 17.8. The second-order valence-corrected chi connectivity index (χ2v) is 8.78. The Balaban J connectivity index is 1.72. The fourth-order valence-corrected chi connectivity index (χ4v) is 4.44. The van der Waals surface area contributed by atoms with Crippen LogP contribution in [0.3, 0.4) is 0 Å². The molecule has 2 saturated heterocycles. The third-order valence-electron chi connectivity index (χ3n) is 5.97. The number of hydrogen-bond donors (Lipinski definition) is 1. The van der Waals surface area contributed by atoms with Gasteiger partial charge in [-0.15, -0.1) is 0 Å². The highest BCUT2D eigenvalue weighted by Crippen LogP contribution is 2.38. The van der Waals surface area contributed by atoms with Gasteiger partial charge in [-0.05, 0) is 35.4 Å². The molecule has 0 radical (unpaired) electrons. The molecule has 168 valence electrons. The van der Waals surface area contributed by atoms with Gasteiger partial charge in [0.05, 0.1) is 39.5 Å². The Kier molecular flexibility index (Phi) is 6.93. The number of ether oxygens (including phenoxy) is 2. The van der Waals surface area contributed by atoms with Crippen LogP contribution in [0, 0.1) is 0 Å². The van der Waals surface area contributed by atoms with Gasteiger partial charge in [-0.2, -0.15) is 0 Å². The first-order valence-corrected chi connectivity index (χ1v) is 11.4. The average Bonchev–Trinajstić information content (AvgIpc) is 3.08. The molecule has 7 nitrogen and oxygen atoms in total. The van der Waals surface area contributed by atoms with Crippen molar-refractivity contribution >= 4 is 33.4 Å². The molecule has 32 heavy (non-hydrogen) atoms. The molecular formula is C24H25BrN2O5. The summed E-state index contributed by atoms with van der Waals surface area (Å²) in [6.45, 7) is 4.16. The van der Waals surface area contributed by atoms with Crippen LogP contribution in [0.2, 0.25) is 0 Å². The normalized spacial score (nSPS) is 21.2. The molecule has 0 saturated carbocycles. The Labute approximate surface area is 195 Å². The predicted molar refractivity (Wildman–Crippen MR) is 120 cm³/mol. The van der Waals surface area contributed by atoms with Crippen LogP contribution < -0.4 is 14.7 Å². The van der Waals surface area contributed by atoms with E-state index in [1.165, 1.54) is 4.90 Å². The van der Waals surface area contributed by atoms with E-state index in [1.807, 2.05) is 0 Å². The highest BCUT2D eigenvalue weighted by atomic mass is 79.9. The predicted octanol–water partition coefficient (Wildman–Crippen LogP) is 0.597. The molecule has 1 amide bonds. The molecule has 0 spiro atoms. The van der Waals surface area contributed by atoms with Gasteiger partial charge in [0, 0.05) is 10.0 Å². The molecule has 0 aliphatic carbocycles. The lowest BCUT2D eigenvalue weighted by Gasteiger charge is -2.30. The van der Waals surface area contributed by atoms with Gasteiger partial charge in [0.2, 0.25) is 5.78 Å². The molecule has 8 heteroatoms. The van der Waals surface area contributed by atoms with Crippen molar-refractivity contribution in [1.82, 2.24) is 4.90 Å². The first-order chi connectivity index (χ1) is 15.5. The lowest BCUT2D eigenvalue weighted by molar-refractivity contribution is -0.907. The number of morpholine rings is 1. The number of likely N-dealkylation sites (tertiary alicyclic amines) is 1. The van der Waals surface area contributed by atoms with Crippen molar-refractivity contribution in [3.05, 3.63) is 69.7 Å². The van der Waals surface area contributed by atoms with Crippen LogP contribution in [-0.4, -0.2) is 63.1 Å². The lowest BCUT2D eigenvalue weighted by atomic mass is 9.95. The number of amides is 1. The van der Waals surface area contributed by atoms with Gasteiger partial charge in [-0.25, -0.2) is 0 Å². The smallest absolute Gasteiger partial charge is 0.295 e. The molecule has 2 fully saturated rings. The summed E-state index contributed by atoms with van der Waals surface area (Å²) in [6.07, 6.45) is 0. The number of quaternary nitrogens is 1. The standard InChI is InChI=1S/C24H25BrN2O5/c1-31-19-8-4-16(5-9-19)21-20(22(28)17-2-6-18(25)7-3-17)23(29)24(30)27(21)11-10-26-12-14-32-15-13-26/h2-9,21,28H,10-15H2,1H3. The van der Waals surface area contributed by atoms with Crippen LogP contribution in [0.15, 0.2) is 58.6 Å². The van der Waals surface area contributed by atoms with Gasteiger partial charge in [0.15, 0.2) is 0 Å². The molecule has 0 bridgehead atoms. The maximum Gasteiger partial charge on any atom is 0.295 e. The van der Waals surface area contributed by atoms with Crippen LogP contribution in [0.4, 0.5) is 0 Å². The fourth-order valence-electron chi connectivity index (χ4n) is 4.18. The largest absolute Gasteiger partial charge is 0.872 e. The topological polar surface area (TPSA) is 83.3 Å². The zero-order valence-corrected chi connectivity index (χ0v) is 19.4. The van der Waals surface area contributed by atoms with E-state index in [4.69, 9.17) is 9.47 Å². The Morgan fingerprint density at radius 1 is 1.12 bits per heavy atom. The molecule has 1 N–H and O–H groups in total. The van der Waals surface area contributed by atoms with Crippen molar-refractivity contribution in [1.29, 1.82) is 0 Å². The minimum absolute atomic E-state index is 0.000494. The molecule has 2 heterocycles. The summed E-state index contributed by atoms with van der Waals surface area (Å²) in [5, 5.41) is 13.4. The monoisotopic (exact) mass is 500 g/mol. The highest BCUT2D eigenvalue weighted by Gasteiger charge is 2.44. The summed E-state index contributed by atoms with van der Waals surface area (Å²) in [7, 11) is 1.57. The maximum atomic E-state index is 13.4. The van der Waals surface area contributed by atoms with E-state index in [0.717, 1.165) is 17.6 Å². The van der Waals surface area contributed by atoms with E-state index in [-0.39, 0.29) is 5.57 Å². The molecule has 2 aliphatic heterocycles. The van der Waals surface area contributed by atoms with Crippen molar-refractivity contribution in [3.8, 4) is 5.75 Å². The number of Topliss-reactive ketones (excluding diaryl/α,β-unsaturated/α-hetero) is 1. The van der Waals surface area contributed by atoms with Crippen molar-refractivity contribution in [2.24, 2.45) is 0 Å². The maximum absolute atomic E-state index is 13.4. The molecule has 1 unspecified atom stereocenters. The Morgan fingerprint density at radius 2 is 1.78 bits per heavy atom. The van der Waals surface area contributed by atoms with Gasteiger partial charge in [-0.1, -0.05) is 46.0 Å². The van der Waals surface area contributed by atoms with Gasteiger partial charge in [-0.3, -0.25) is 9.59 Å². The number of nitrogens with one attached hydrogen (secondary N) is 1. The molecular weight excluding hydrogens is 476 g/mol. The first-order valence-electron chi connectivity index (χ1n) is 10.6. The average molecular weight is 501 g/mol. The summed E-state index contributed by atoms with van der Waals surface area (Å²) in [4.78, 5) is 28.9. The van der Waals surface area contributed by atoms with Crippen molar-refractivity contribution in [2.45, 2.75) is 6.04 Å². The fraction of sp³-hybridized carbons (Fsp3) is 0.333. The summed E-state index contributed by atoms with van der Waals surface area (Å²) in [6, 6.07) is 13.2. The molecule has 0 aromatic heterocycles. The molecule has 4 rings (SSSR count). The van der Waals surface area contributed by atoms with E-state index in [1.54, 1.807) is 60.5 Å². The van der Waals surface area contributed by atoms with Crippen LogP contribution in [0.25, 0.3) is 5.76 Å². The quantitative estimate of drug-likeness (QED) is 0.356. The third-order valence-corrected chi connectivity index (χ3v) is 6.50. The van der Waals surface area contributed by atoms with Gasteiger partial charge in [0.1, 0.15) is 18.8 Å². The molecule has 2 aliphatic rings. The highest BCUT2D eigenvalue weighted by molar-refractivity contribution is 9.10. The lowest BCUT2D eigenvalue weighted by Crippen LogP contribution is -3.14. The van der Waals surface area contributed by atoms with Gasteiger partial charge >= 0.3 is 0 Å². The minimum atomic E-state index is -0.726.